The van der Waals surface area contributed by atoms with E-state index in [0.717, 1.165) is 128 Å². The molecule has 0 heterocycles. The molecule has 0 rings (SSSR count). The van der Waals surface area contributed by atoms with Crippen LogP contribution in [0, 0.1) is 0 Å². The highest BCUT2D eigenvalue weighted by Gasteiger charge is 2.23. The molecule has 3 atom stereocenters. The minimum Gasteiger partial charge on any atom is -0.756 e. The van der Waals surface area contributed by atoms with Crippen LogP contribution in [-0.4, -0.2) is 68.5 Å². The first-order valence-electron chi connectivity index (χ1n) is 33.8. The third kappa shape index (κ3) is 65.7. The summed E-state index contributed by atoms with van der Waals surface area (Å²) in [6.45, 7) is 4.50. The van der Waals surface area contributed by atoms with Gasteiger partial charge >= 0.3 is 0 Å². The van der Waals surface area contributed by atoms with Gasteiger partial charge in [0.2, 0.25) is 5.91 Å². The second kappa shape index (κ2) is 63.6. The quantitative estimate of drug-likeness (QED) is 0.0272. The van der Waals surface area contributed by atoms with Gasteiger partial charge in [0, 0.05) is 6.42 Å². The number of likely N-dealkylation sites (N-methyl/N-ethyl adjacent to an activating group) is 1. The van der Waals surface area contributed by atoms with E-state index in [0.29, 0.717) is 17.4 Å². The molecule has 8 nitrogen and oxygen atoms in total. The van der Waals surface area contributed by atoms with Crippen LogP contribution in [-0.2, 0) is 18.4 Å². The van der Waals surface area contributed by atoms with Crippen molar-refractivity contribution in [1.82, 2.24) is 5.32 Å². The number of amides is 1. The number of nitrogens with one attached hydrogen (secondary N) is 1. The van der Waals surface area contributed by atoms with E-state index in [9.17, 15) is 19.4 Å². The van der Waals surface area contributed by atoms with Gasteiger partial charge in [-0.05, 0) is 116 Å². The molecule has 1 amide bonds. The summed E-state index contributed by atoms with van der Waals surface area (Å²) in [5.74, 6) is -0.231. The number of aliphatic hydroxyl groups excluding tert-OH is 1. The zero-order chi connectivity index (χ0) is 61.2. The molecular formula is C75H127N2O6P. The van der Waals surface area contributed by atoms with E-state index >= 15 is 0 Å². The lowest BCUT2D eigenvalue weighted by Crippen LogP contribution is -2.45. The molecule has 0 radical (unpaired) electrons. The van der Waals surface area contributed by atoms with Crippen molar-refractivity contribution < 1.29 is 32.9 Å². The summed E-state index contributed by atoms with van der Waals surface area (Å²) in [6, 6.07) is -0.927. The molecule has 2 N–H and O–H groups in total. The van der Waals surface area contributed by atoms with E-state index in [1.54, 1.807) is 6.08 Å². The Morgan fingerprint density at radius 3 is 1.11 bits per heavy atom. The molecule has 84 heavy (non-hydrogen) atoms. The van der Waals surface area contributed by atoms with Crippen LogP contribution in [0.1, 0.15) is 258 Å². The first kappa shape index (κ1) is 80.1. The lowest BCUT2D eigenvalue weighted by Gasteiger charge is -2.29. The predicted molar refractivity (Wildman–Crippen MR) is 366 cm³/mol. The number of quaternary nitrogens is 1. The van der Waals surface area contributed by atoms with Crippen LogP contribution in [0.2, 0.25) is 0 Å². The van der Waals surface area contributed by atoms with E-state index in [1.165, 1.54) is 109 Å². The van der Waals surface area contributed by atoms with Gasteiger partial charge in [-0.3, -0.25) is 9.36 Å². The minimum atomic E-state index is -4.63. The lowest BCUT2D eigenvalue weighted by atomic mass is 10.0. The number of carbonyl (C=O) groups is 1. The van der Waals surface area contributed by atoms with E-state index in [4.69, 9.17) is 9.05 Å². The van der Waals surface area contributed by atoms with Crippen LogP contribution in [0.15, 0.2) is 158 Å². The van der Waals surface area contributed by atoms with Crippen molar-refractivity contribution in [1.29, 1.82) is 0 Å². The number of unbranched alkanes of at least 4 members (excludes halogenated alkanes) is 23. The highest BCUT2D eigenvalue weighted by Crippen LogP contribution is 2.38. The second-order valence-corrected chi connectivity index (χ2v) is 24.8. The fourth-order valence-corrected chi connectivity index (χ4v) is 9.72. The molecule has 0 saturated carbocycles. The van der Waals surface area contributed by atoms with Crippen molar-refractivity contribution in [3.63, 3.8) is 0 Å². The molecule has 0 bridgehead atoms. The molecule has 0 aromatic rings. The number of aliphatic hydroxyl groups is 1. The topological polar surface area (TPSA) is 108 Å². The van der Waals surface area contributed by atoms with E-state index < -0.39 is 26.6 Å². The van der Waals surface area contributed by atoms with Crippen molar-refractivity contribution >= 4 is 13.7 Å². The van der Waals surface area contributed by atoms with Crippen molar-refractivity contribution in [3.8, 4) is 0 Å². The van der Waals surface area contributed by atoms with Crippen molar-refractivity contribution in [2.24, 2.45) is 0 Å². The summed E-state index contributed by atoms with van der Waals surface area (Å²) in [7, 11) is 1.21. The number of carbonyl (C=O) groups excluding carboxylic acids is 1. The van der Waals surface area contributed by atoms with Crippen LogP contribution in [0.4, 0.5) is 0 Å². The van der Waals surface area contributed by atoms with E-state index in [-0.39, 0.29) is 12.5 Å². The zero-order valence-electron chi connectivity index (χ0n) is 54.5. The van der Waals surface area contributed by atoms with Gasteiger partial charge in [0.15, 0.2) is 0 Å². The molecule has 0 aromatic carbocycles. The lowest BCUT2D eigenvalue weighted by molar-refractivity contribution is -0.870. The molecule has 0 aromatic heterocycles. The van der Waals surface area contributed by atoms with Crippen LogP contribution in [0.5, 0.6) is 0 Å². The zero-order valence-corrected chi connectivity index (χ0v) is 55.4. The van der Waals surface area contributed by atoms with Crippen LogP contribution in [0.3, 0.4) is 0 Å². The second-order valence-electron chi connectivity index (χ2n) is 23.4. The SMILES string of the molecule is CC/C=C\C/C=C\C/C=C\C/C=C\C/C=C\C/C=C\C/C=C\C/C=C\C/C=C\C/C=C\C/C=C\CCCCCCCC(=O)NC(COP(=O)([O-])OCC[N+](C)(C)C)C(O)/C=C/CC/C=C/CCCCCCCCCCCCCCCCCCC. The largest absolute Gasteiger partial charge is 0.756 e. The van der Waals surface area contributed by atoms with Crippen LogP contribution >= 0.6 is 7.82 Å². The highest BCUT2D eigenvalue weighted by molar-refractivity contribution is 7.45. The van der Waals surface area contributed by atoms with Gasteiger partial charge < -0.3 is 28.8 Å². The number of nitrogens with zero attached hydrogens (tertiary/aromatic N) is 1. The number of hydrogen-bond acceptors (Lipinski definition) is 6. The molecular weight excluding hydrogens is 1060 g/mol. The number of phosphoric ester groups is 1. The Labute approximate surface area is 518 Å². The highest BCUT2D eigenvalue weighted by atomic mass is 31.2. The summed E-state index contributed by atoms with van der Waals surface area (Å²) >= 11 is 0. The van der Waals surface area contributed by atoms with Gasteiger partial charge in [-0.15, -0.1) is 0 Å². The first-order chi connectivity index (χ1) is 41.0. The average molecular weight is 1180 g/mol. The molecule has 0 aliphatic heterocycles. The molecule has 478 valence electrons. The van der Waals surface area contributed by atoms with Crippen molar-refractivity contribution in [2.75, 3.05) is 40.9 Å². The maximum absolute atomic E-state index is 13.0. The molecule has 9 heteroatoms. The molecule has 0 saturated heterocycles. The third-order valence-corrected chi connectivity index (χ3v) is 15.2. The molecule has 0 spiro atoms. The number of hydrogen-bond donors (Lipinski definition) is 2. The Balaban J connectivity index is 4.25. The Morgan fingerprint density at radius 1 is 0.429 bits per heavy atom. The maximum atomic E-state index is 13.0. The molecule has 0 aliphatic carbocycles. The van der Waals surface area contributed by atoms with Gasteiger partial charge in [0.1, 0.15) is 13.2 Å². The molecule has 0 aliphatic rings. The molecule has 3 unspecified atom stereocenters. The first-order valence-corrected chi connectivity index (χ1v) is 35.3. The fourth-order valence-electron chi connectivity index (χ4n) is 9.00. The minimum absolute atomic E-state index is 0.0186. The normalized spacial score (nSPS) is 14.7. The monoisotopic (exact) mass is 1180 g/mol. The van der Waals surface area contributed by atoms with Gasteiger partial charge in [-0.1, -0.05) is 294 Å². The Bertz CT molecular complexity index is 1930. The fraction of sp³-hybridized carbons (Fsp3) is 0.640. The number of phosphoric acid groups is 1. The van der Waals surface area contributed by atoms with Gasteiger partial charge in [0.05, 0.1) is 39.9 Å². The van der Waals surface area contributed by atoms with Crippen LogP contribution < -0.4 is 10.2 Å². The van der Waals surface area contributed by atoms with Crippen molar-refractivity contribution in [2.45, 2.75) is 270 Å². The standard InChI is InChI=1S/C75H127N2O6P/c1-6-8-10-12-14-16-18-20-22-24-26-28-30-31-32-33-34-35-36-37-38-39-40-41-42-43-44-45-47-49-51-53-55-57-59-61-63-65-67-69-75(79)76-73(72-83-84(80,81)82-71-70-77(3,4)5)74(78)68-66-64-62-60-58-56-54-52-50-48-46-29-27-25-23-21-19-17-15-13-11-9-7-2/h8,10,14,16,20,22,26,28,31-32,34-35,37-38,40-41,43-44,47,49,53,55,58,60,66,68,73-74,78H,6-7,9,11-13,15,17-19,21,23-25,27,29-30,33,36,39,42,45-46,48,50-52,54,56-57,59,61-65,67,69-72H2,1-5H3,(H-,76,79,80,81)/b10-8-,16-14-,22-20-,28-26-,32-31-,35-34-,38-37-,41-40-,44-43-,49-47-,55-53-,60-58+,68-66+. The Morgan fingerprint density at radius 2 is 0.738 bits per heavy atom. The predicted octanol–water partition coefficient (Wildman–Crippen LogP) is 21.1. The average Bonchev–Trinajstić information content (AvgIpc) is 3.56. The smallest absolute Gasteiger partial charge is 0.268 e. The summed E-state index contributed by atoms with van der Waals surface area (Å²) in [5.41, 5.74) is 0. The van der Waals surface area contributed by atoms with Gasteiger partial charge in [-0.2, -0.15) is 0 Å². The Hall–Kier alpha value is -3.88. The van der Waals surface area contributed by atoms with Gasteiger partial charge in [0.25, 0.3) is 7.82 Å². The maximum Gasteiger partial charge on any atom is 0.268 e. The summed E-state index contributed by atoms with van der Waals surface area (Å²) in [4.78, 5) is 25.6. The van der Waals surface area contributed by atoms with Crippen LogP contribution in [0.25, 0.3) is 0 Å². The number of allylic oxidation sites excluding steroid dienone is 25. The summed E-state index contributed by atoms with van der Waals surface area (Å²) in [6.07, 6.45) is 99.2. The third-order valence-electron chi connectivity index (χ3n) is 14.2. The summed E-state index contributed by atoms with van der Waals surface area (Å²) < 4.78 is 23.4. The van der Waals surface area contributed by atoms with Gasteiger partial charge in [-0.25, -0.2) is 0 Å². The summed E-state index contributed by atoms with van der Waals surface area (Å²) in [5, 5.41) is 13.9. The Kier molecular flexibility index (Phi) is 60.7. The molecule has 0 fully saturated rings. The number of rotatable bonds is 60. The van der Waals surface area contributed by atoms with E-state index in [2.05, 4.69) is 165 Å². The van der Waals surface area contributed by atoms with Crippen molar-refractivity contribution in [3.05, 3.63) is 158 Å². The van der Waals surface area contributed by atoms with E-state index in [1.807, 2.05) is 27.2 Å².